The molecule has 3 aliphatic heterocycles. The zero-order valence-corrected chi connectivity index (χ0v) is 17.9. The summed E-state index contributed by atoms with van der Waals surface area (Å²) < 4.78 is 31.8. The van der Waals surface area contributed by atoms with Gasteiger partial charge in [0, 0.05) is 44.7 Å². The van der Waals surface area contributed by atoms with Crippen molar-refractivity contribution in [1.82, 2.24) is 10.2 Å². The minimum Gasteiger partial charge on any atom is -0.493 e. The van der Waals surface area contributed by atoms with Gasteiger partial charge in [-0.3, -0.25) is 9.59 Å². The van der Waals surface area contributed by atoms with Crippen LogP contribution in [-0.2, 0) is 17.6 Å². The third-order valence-electron chi connectivity index (χ3n) is 6.37. The van der Waals surface area contributed by atoms with E-state index < -0.39 is 11.7 Å². The van der Waals surface area contributed by atoms with Gasteiger partial charge < -0.3 is 24.4 Å². The summed E-state index contributed by atoms with van der Waals surface area (Å²) >= 11 is 0. The highest BCUT2D eigenvalue weighted by atomic mass is 19.1. The second-order valence-corrected chi connectivity index (χ2v) is 8.28. The van der Waals surface area contributed by atoms with Gasteiger partial charge in [0.05, 0.1) is 17.7 Å². The number of nitrogens with one attached hydrogen (secondary N) is 1. The van der Waals surface area contributed by atoms with E-state index in [1.54, 1.807) is 11.0 Å². The van der Waals surface area contributed by atoms with Crippen LogP contribution in [-0.4, -0.2) is 56.4 Å². The Morgan fingerprint density at radius 2 is 1.97 bits per heavy atom. The number of rotatable bonds is 4. The third kappa shape index (κ3) is 3.58. The highest BCUT2D eigenvalue weighted by molar-refractivity contribution is 5.99. The Kier molecular flexibility index (Phi) is 5.46. The Labute approximate surface area is 185 Å². The molecule has 0 unspecified atom stereocenters. The SMILES string of the molecule is CNC(=O)c1ccc(Cc2cc3c(c4c2OCC4)OCN(C2CCOCC2)C3=O)cc1F. The maximum atomic E-state index is 14.5. The lowest BCUT2D eigenvalue weighted by atomic mass is 9.94. The molecule has 7 nitrogen and oxygen atoms in total. The van der Waals surface area contributed by atoms with Crippen molar-refractivity contribution < 1.29 is 28.2 Å². The fraction of sp³-hybridized carbons (Fsp3) is 0.417. The predicted molar refractivity (Wildman–Crippen MR) is 114 cm³/mol. The molecule has 2 aromatic rings. The summed E-state index contributed by atoms with van der Waals surface area (Å²) in [5.74, 6) is 0.225. The van der Waals surface area contributed by atoms with Crippen molar-refractivity contribution >= 4 is 11.8 Å². The average molecular weight is 440 g/mol. The normalized spacial score (nSPS) is 17.9. The topological polar surface area (TPSA) is 77.1 Å². The first kappa shape index (κ1) is 20.8. The van der Waals surface area contributed by atoms with Crippen LogP contribution in [0.5, 0.6) is 11.5 Å². The number of fused-ring (bicyclic) bond motifs is 3. The van der Waals surface area contributed by atoms with Crippen LogP contribution >= 0.6 is 0 Å². The molecule has 1 saturated heterocycles. The molecule has 3 heterocycles. The van der Waals surface area contributed by atoms with Crippen molar-refractivity contribution in [2.45, 2.75) is 31.7 Å². The van der Waals surface area contributed by atoms with Gasteiger partial charge in [-0.25, -0.2) is 4.39 Å². The van der Waals surface area contributed by atoms with Crippen LogP contribution < -0.4 is 14.8 Å². The summed E-state index contributed by atoms with van der Waals surface area (Å²) in [5.41, 5.74) is 2.94. The summed E-state index contributed by atoms with van der Waals surface area (Å²) in [6.45, 7) is 2.03. The lowest BCUT2D eigenvalue weighted by Gasteiger charge is -2.37. The molecule has 0 bridgehead atoms. The molecule has 0 saturated carbocycles. The maximum absolute atomic E-state index is 14.5. The molecular formula is C24H25FN2O5. The maximum Gasteiger partial charge on any atom is 0.260 e. The molecule has 0 atom stereocenters. The lowest BCUT2D eigenvalue weighted by molar-refractivity contribution is 0.00174. The van der Waals surface area contributed by atoms with Crippen LogP contribution in [0.1, 0.15) is 50.2 Å². The summed E-state index contributed by atoms with van der Waals surface area (Å²) in [4.78, 5) is 27.0. The first-order chi connectivity index (χ1) is 15.6. The molecule has 0 spiro atoms. The molecule has 0 aliphatic carbocycles. The van der Waals surface area contributed by atoms with E-state index in [0.717, 1.165) is 24.0 Å². The number of hydrogen-bond acceptors (Lipinski definition) is 5. The van der Waals surface area contributed by atoms with Gasteiger partial charge in [0.15, 0.2) is 6.73 Å². The molecule has 2 amide bonds. The minimum absolute atomic E-state index is 0.00106. The highest BCUT2D eigenvalue weighted by Gasteiger charge is 2.36. The Bertz CT molecular complexity index is 1080. The van der Waals surface area contributed by atoms with Crippen LogP contribution in [0.3, 0.4) is 0 Å². The summed E-state index contributed by atoms with van der Waals surface area (Å²) in [5, 5.41) is 2.43. The second kappa shape index (κ2) is 8.43. The van der Waals surface area contributed by atoms with Crippen LogP contribution in [0, 0.1) is 5.82 Å². The van der Waals surface area contributed by atoms with Crippen LogP contribution in [0.2, 0.25) is 0 Å². The molecule has 1 fully saturated rings. The van der Waals surface area contributed by atoms with Gasteiger partial charge in [-0.1, -0.05) is 6.07 Å². The molecule has 3 aliphatic rings. The fourth-order valence-corrected chi connectivity index (χ4v) is 4.70. The minimum atomic E-state index is -0.581. The van der Waals surface area contributed by atoms with E-state index in [2.05, 4.69) is 5.32 Å². The third-order valence-corrected chi connectivity index (χ3v) is 6.37. The average Bonchev–Trinajstić information content (AvgIpc) is 3.31. The first-order valence-corrected chi connectivity index (χ1v) is 10.9. The Morgan fingerprint density at radius 3 is 2.72 bits per heavy atom. The van der Waals surface area contributed by atoms with Crippen molar-refractivity contribution in [3.8, 4) is 11.5 Å². The second-order valence-electron chi connectivity index (χ2n) is 8.28. The molecule has 168 valence electrons. The van der Waals surface area contributed by atoms with Crippen molar-refractivity contribution in [1.29, 1.82) is 0 Å². The van der Waals surface area contributed by atoms with E-state index in [9.17, 15) is 14.0 Å². The Hall–Kier alpha value is -3.13. The van der Waals surface area contributed by atoms with E-state index in [4.69, 9.17) is 14.2 Å². The molecule has 0 radical (unpaired) electrons. The van der Waals surface area contributed by atoms with Crippen molar-refractivity contribution in [3.63, 3.8) is 0 Å². The van der Waals surface area contributed by atoms with Crippen molar-refractivity contribution in [3.05, 3.63) is 57.9 Å². The number of hydrogen-bond donors (Lipinski definition) is 1. The number of benzene rings is 2. The molecule has 2 aromatic carbocycles. The smallest absolute Gasteiger partial charge is 0.260 e. The number of ether oxygens (including phenoxy) is 3. The van der Waals surface area contributed by atoms with E-state index in [-0.39, 0.29) is 24.2 Å². The standard InChI is InChI=1S/C24H25FN2O5/c1-26-23(28)17-3-2-14(11-20(17)25)10-15-12-19-22(18-6-9-31-21(15)18)32-13-27(24(19)29)16-4-7-30-8-5-16/h2-3,11-12,16H,4-10,13H2,1H3,(H,26,28). The van der Waals surface area contributed by atoms with E-state index in [0.29, 0.717) is 55.3 Å². The zero-order valence-electron chi connectivity index (χ0n) is 17.9. The van der Waals surface area contributed by atoms with Gasteiger partial charge in [-0.2, -0.15) is 0 Å². The molecule has 1 N–H and O–H groups in total. The number of carbonyl (C=O) groups excluding carboxylic acids is 2. The van der Waals surface area contributed by atoms with Gasteiger partial charge in [-0.15, -0.1) is 0 Å². The predicted octanol–water partition coefficient (Wildman–Crippen LogP) is 2.68. The van der Waals surface area contributed by atoms with E-state index in [1.165, 1.54) is 19.2 Å². The number of carbonyl (C=O) groups is 2. The molecular weight excluding hydrogens is 415 g/mol. The summed E-state index contributed by atoms with van der Waals surface area (Å²) in [6.07, 6.45) is 2.63. The Balaban J connectivity index is 1.48. The largest absolute Gasteiger partial charge is 0.493 e. The molecule has 0 aromatic heterocycles. The first-order valence-electron chi connectivity index (χ1n) is 10.9. The van der Waals surface area contributed by atoms with E-state index >= 15 is 0 Å². The fourth-order valence-electron chi connectivity index (χ4n) is 4.70. The molecule has 5 rings (SSSR count). The van der Waals surface area contributed by atoms with Crippen LogP contribution in [0.25, 0.3) is 0 Å². The van der Waals surface area contributed by atoms with Gasteiger partial charge >= 0.3 is 0 Å². The van der Waals surface area contributed by atoms with E-state index in [1.807, 2.05) is 6.07 Å². The molecule has 8 heteroatoms. The number of amides is 2. The molecule has 32 heavy (non-hydrogen) atoms. The van der Waals surface area contributed by atoms with Gasteiger partial charge in [0.2, 0.25) is 0 Å². The summed E-state index contributed by atoms with van der Waals surface area (Å²) in [7, 11) is 1.46. The van der Waals surface area contributed by atoms with Gasteiger partial charge in [-0.05, 0) is 42.2 Å². The van der Waals surface area contributed by atoms with Crippen molar-refractivity contribution in [2.75, 3.05) is 33.6 Å². The van der Waals surface area contributed by atoms with Gasteiger partial charge in [0.1, 0.15) is 17.3 Å². The van der Waals surface area contributed by atoms with Crippen LogP contribution in [0.15, 0.2) is 24.3 Å². The Morgan fingerprint density at radius 1 is 1.16 bits per heavy atom. The lowest BCUT2D eigenvalue weighted by Crippen LogP contribution is -2.47. The van der Waals surface area contributed by atoms with Gasteiger partial charge in [0.25, 0.3) is 11.8 Å². The number of halogens is 1. The summed E-state index contributed by atoms with van der Waals surface area (Å²) in [6, 6.07) is 6.48. The monoisotopic (exact) mass is 440 g/mol. The number of nitrogens with zero attached hydrogens (tertiary/aromatic N) is 1. The highest BCUT2D eigenvalue weighted by Crippen LogP contribution is 2.43. The quantitative estimate of drug-likeness (QED) is 0.791. The zero-order chi connectivity index (χ0) is 22.2. The van der Waals surface area contributed by atoms with Crippen molar-refractivity contribution in [2.24, 2.45) is 0 Å². The van der Waals surface area contributed by atoms with Crippen LogP contribution in [0.4, 0.5) is 4.39 Å².